The van der Waals surface area contributed by atoms with E-state index in [2.05, 4.69) is 27.2 Å². The molecule has 1 aromatic carbocycles. The second-order valence-corrected chi connectivity index (χ2v) is 4.47. The van der Waals surface area contributed by atoms with Crippen molar-refractivity contribution in [1.82, 2.24) is 5.32 Å². The van der Waals surface area contributed by atoms with Crippen molar-refractivity contribution in [3.8, 4) is 23.8 Å². The molecule has 1 rings (SSSR count). The molecule has 0 aliphatic heterocycles. The summed E-state index contributed by atoms with van der Waals surface area (Å²) < 4.78 is 5.71. The normalized spacial score (nSPS) is 9.94. The molecule has 0 heterocycles. The van der Waals surface area contributed by atoms with E-state index in [0.29, 0.717) is 10.2 Å². The molecule has 4 heteroatoms. The summed E-state index contributed by atoms with van der Waals surface area (Å²) >= 11 is 3.29. The number of unbranched alkanes of at least 4 members (excludes halogenated alkanes) is 1. The fourth-order valence-corrected chi connectivity index (χ4v) is 1.92. The van der Waals surface area contributed by atoms with Gasteiger partial charge in [0.1, 0.15) is 0 Å². The van der Waals surface area contributed by atoms with Crippen LogP contribution < -0.4 is 10.1 Å². The van der Waals surface area contributed by atoms with Gasteiger partial charge >= 0.3 is 0 Å². The van der Waals surface area contributed by atoms with Gasteiger partial charge in [-0.25, -0.2) is 0 Å². The average molecular weight is 298 g/mol. The summed E-state index contributed by atoms with van der Waals surface area (Å²) in [6, 6.07) is 3.68. The molecular formula is C13H16BrNO2. The maximum Gasteiger partial charge on any atom is 0.172 e. The minimum Gasteiger partial charge on any atom is -0.503 e. The highest BCUT2D eigenvalue weighted by molar-refractivity contribution is 9.10. The molecule has 0 aromatic heterocycles. The Bertz CT molecular complexity index is 413. The maximum absolute atomic E-state index is 9.65. The van der Waals surface area contributed by atoms with Crippen LogP contribution in [-0.2, 0) is 6.54 Å². The van der Waals surface area contributed by atoms with Gasteiger partial charge in [-0.1, -0.05) is 0 Å². The molecule has 0 saturated heterocycles. The SMILES string of the molecule is C#CCCCNCc1cc(Br)c(O)c(OC)c1. The van der Waals surface area contributed by atoms with Crippen LogP contribution in [0.15, 0.2) is 16.6 Å². The van der Waals surface area contributed by atoms with Crippen molar-refractivity contribution in [3.05, 3.63) is 22.2 Å². The number of benzene rings is 1. The molecule has 92 valence electrons. The van der Waals surface area contributed by atoms with E-state index in [1.54, 1.807) is 0 Å². The Hall–Kier alpha value is -1.18. The second kappa shape index (κ2) is 7.21. The minimum atomic E-state index is 0.128. The number of ether oxygens (including phenoxy) is 1. The predicted molar refractivity (Wildman–Crippen MR) is 72.1 cm³/mol. The number of hydrogen-bond donors (Lipinski definition) is 2. The van der Waals surface area contributed by atoms with Gasteiger partial charge in [0.15, 0.2) is 11.5 Å². The highest BCUT2D eigenvalue weighted by Crippen LogP contribution is 2.35. The Morgan fingerprint density at radius 2 is 2.29 bits per heavy atom. The van der Waals surface area contributed by atoms with Crippen LogP contribution in [0, 0.1) is 12.3 Å². The molecule has 3 nitrogen and oxygen atoms in total. The molecule has 0 spiro atoms. The second-order valence-electron chi connectivity index (χ2n) is 3.61. The Kier molecular flexibility index (Phi) is 5.88. The minimum absolute atomic E-state index is 0.128. The molecule has 0 bridgehead atoms. The number of aromatic hydroxyl groups is 1. The first-order chi connectivity index (χ1) is 8.19. The summed E-state index contributed by atoms with van der Waals surface area (Å²) in [7, 11) is 1.53. The van der Waals surface area contributed by atoms with E-state index in [1.807, 2.05) is 12.1 Å². The molecule has 0 radical (unpaired) electrons. The van der Waals surface area contributed by atoms with Crippen LogP contribution in [0.3, 0.4) is 0 Å². The number of hydrogen-bond acceptors (Lipinski definition) is 3. The van der Waals surface area contributed by atoms with Gasteiger partial charge in [0.2, 0.25) is 0 Å². The fourth-order valence-electron chi connectivity index (χ4n) is 1.43. The van der Waals surface area contributed by atoms with Crippen molar-refractivity contribution in [2.75, 3.05) is 13.7 Å². The zero-order valence-corrected chi connectivity index (χ0v) is 11.4. The molecule has 0 atom stereocenters. The highest BCUT2D eigenvalue weighted by atomic mass is 79.9. The van der Waals surface area contributed by atoms with Gasteiger partial charge < -0.3 is 15.2 Å². The molecule has 2 N–H and O–H groups in total. The molecule has 0 unspecified atom stereocenters. The zero-order chi connectivity index (χ0) is 12.7. The Morgan fingerprint density at radius 3 is 2.94 bits per heavy atom. The zero-order valence-electron chi connectivity index (χ0n) is 9.79. The van der Waals surface area contributed by atoms with E-state index in [4.69, 9.17) is 11.2 Å². The summed E-state index contributed by atoms with van der Waals surface area (Å²) in [6.45, 7) is 1.60. The Morgan fingerprint density at radius 1 is 1.53 bits per heavy atom. The number of nitrogens with one attached hydrogen (secondary N) is 1. The van der Waals surface area contributed by atoms with Crippen molar-refractivity contribution in [2.45, 2.75) is 19.4 Å². The van der Waals surface area contributed by atoms with Crippen LogP contribution in [0.4, 0.5) is 0 Å². The van der Waals surface area contributed by atoms with Gasteiger partial charge in [0, 0.05) is 13.0 Å². The van der Waals surface area contributed by atoms with Crippen molar-refractivity contribution in [2.24, 2.45) is 0 Å². The van der Waals surface area contributed by atoms with Gasteiger partial charge in [-0.05, 0) is 46.6 Å². The smallest absolute Gasteiger partial charge is 0.172 e. The molecule has 0 fully saturated rings. The van der Waals surface area contributed by atoms with Crippen LogP contribution in [0.5, 0.6) is 11.5 Å². The van der Waals surface area contributed by atoms with Crippen LogP contribution in [0.2, 0.25) is 0 Å². The monoisotopic (exact) mass is 297 g/mol. The van der Waals surface area contributed by atoms with E-state index >= 15 is 0 Å². The molecule has 0 amide bonds. The highest BCUT2D eigenvalue weighted by Gasteiger charge is 2.07. The first-order valence-electron chi connectivity index (χ1n) is 5.38. The molecule has 0 aliphatic rings. The molecule has 17 heavy (non-hydrogen) atoms. The number of halogens is 1. The van der Waals surface area contributed by atoms with Crippen molar-refractivity contribution in [3.63, 3.8) is 0 Å². The summed E-state index contributed by atoms with van der Waals surface area (Å²) in [5.41, 5.74) is 1.05. The van der Waals surface area contributed by atoms with Gasteiger partial charge in [0.25, 0.3) is 0 Å². The number of phenolic OH excluding ortho intramolecular Hbond substituents is 1. The van der Waals surface area contributed by atoms with Gasteiger partial charge in [-0.15, -0.1) is 12.3 Å². The van der Waals surface area contributed by atoms with Gasteiger partial charge in [-0.3, -0.25) is 0 Å². The third kappa shape index (κ3) is 4.29. The Balaban J connectivity index is 2.54. The predicted octanol–water partition coefficient (Wildman–Crippen LogP) is 2.67. The quantitative estimate of drug-likeness (QED) is 0.627. The van der Waals surface area contributed by atoms with Crippen molar-refractivity contribution in [1.29, 1.82) is 0 Å². The third-order valence-electron chi connectivity index (χ3n) is 2.31. The Labute approximate surface area is 110 Å². The van der Waals surface area contributed by atoms with Crippen molar-refractivity contribution >= 4 is 15.9 Å². The van der Waals surface area contributed by atoms with Crippen LogP contribution in [0.1, 0.15) is 18.4 Å². The summed E-state index contributed by atoms with van der Waals surface area (Å²) in [4.78, 5) is 0. The van der Waals surface area contributed by atoms with E-state index in [-0.39, 0.29) is 5.75 Å². The summed E-state index contributed by atoms with van der Waals surface area (Å²) in [5.74, 6) is 3.20. The number of phenols is 1. The standard InChI is InChI=1S/C13H16BrNO2/c1-3-4-5-6-15-9-10-7-11(14)13(16)12(8-10)17-2/h1,7-8,15-16H,4-6,9H2,2H3. The van der Waals surface area contributed by atoms with E-state index in [0.717, 1.165) is 31.5 Å². The molecule has 0 saturated carbocycles. The fraction of sp³-hybridized carbons (Fsp3) is 0.385. The topological polar surface area (TPSA) is 41.5 Å². The number of methoxy groups -OCH3 is 1. The van der Waals surface area contributed by atoms with Crippen LogP contribution >= 0.6 is 15.9 Å². The lowest BCUT2D eigenvalue weighted by atomic mass is 10.2. The van der Waals surface area contributed by atoms with Crippen molar-refractivity contribution < 1.29 is 9.84 Å². The van der Waals surface area contributed by atoms with Crippen LogP contribution in [-0.4, -0.2) is 18.8 Å². The molecule has 0 aliphatic carbocycles. The lowest BCUT2D eigenvalue weighted by molar-refractivity contribution is 0.371. The van der Waals surface area contributed by atoms with E-state index in [1.165, 1.54) is 7.11 Å². The van der Waals surface area contributed by atoms with Gasteiger partial charge in [0.05, 0.1) is 11.6 Å². The largest absolute Gasteiger partial charge is 0.503 e. The van der Waals surface area contributed by atoms with E-state index in [9.17, 15) is 5.11 Å². The lowest BCUT2D eigenvalue weighted by Gasteiger charge is -2.09. The summed E-state index contributed by atoms with van der Waals surface area (Å²) in [6.07, 6.45) is 6.92. The number of terminal acetylenes is 1. The first-order valence-corrected chi connectivity index (χ1v) is 6.18. The van der Waals surface area contributed by atoms with Gasteiger partial charge in [-0.2, -0.15) is 0 Å². The first kappa shape index (κ1) is 13.9. The molecular weight excluding hydrogens is 282 g/mol. The van der Waals surface area contributed by atoms with E-state index < -0.39 is 0 Å². The lowest BCUT2D eigenvalue weighted by Crippen LogP contribution is -2.14. The third-order valence-corrected chi connectivity index (χ3v) is 2.92. The summed E-state index contributed by atoms with van der Waals surface area (Å²) in [5, 5.41) is 12.9. The molecule has 1 aromatic rings. The van der Waals surface area contributed by atoms with Crippen LogP contribution in [0.25, 0.3) is 0 Å². The maximum atomic E-state index is 9.65. The average Bonchev–Trinajstić information content (AvgIpc) is 2.33. The number of rotatable bonds is 6.